The Morgan fingerprint density at radius 3 is 1.65 bits per heavy atom. The highest BCUT2D eigenvalue weighted by atomic mass is 16.7. The van der Waals surface area contributed by atoms with Crippen LogP contribution in [0.5, 0.6) is 17.2 Å². The van der Waals surface area contributed by atoms with Crippen molar-refractivity contribution < 1.29 is 57.1 Å². The number of hydrogen-bond donors (Lipinski definition) is 0. The van der Waals surface area contributed by atoms with Gasteiger partial charge in [-0.25, -0.2) is 0 Å². The molecule has 0 amide bonds. The van der Waals surface area contributed by atoms with Gasteiger partial charge in [0.05, 0.1) is 14.2 Å². The minimum absolute atomic E-state index is 0.206. The largest absolute Gasteiger partial charge is 0.496 e. The Hall–Kier alpha value is -3.54. The van der Waals surface area contributed by atoms with Gasteiger partial charge in [0.15, 0.2) is 12.2 Å². The number of hydrogen-bond acceptors (Lipinski definition) is 12. The van der Waals surface area contributed by atoms with Gasteiger partial charge in [-0.3, -0.25) is 19.2 Å². The van der Waals surface area contributed by atoms with Crippen molar-refractivity contribution in [2.45, 2.75) is 58.4 Å². The first-order chi connectivity index (χ1) is 16.0. The van der Waals surface area contributed by atoms with Crippen LogP contribution in [-0.2, 0) is 42.9 Å². The van der Waals surface area contributed by atoms with Gasteiger partial charge in [-0.15, -0.1) is 0 Å². The number of carbonyl (C=O) groups excluding carboxylic acids is 4. The Morgan fingerprint density at radius 1 is 0.706 bits per heavy atom. The number of esters is 4. The van der Waals surface area contributed by atoms with Crippen LogP contribution in [-0.4, -0.2) is 75.4 Å². The standard InChI is InChI=1S/C22H28O12/c1-11(23)29-10-18-19(30-12(2)24)20(31-13(3)25)21(32-14(4)26)22(34-18)33-17-8-15(27-5)7-16(9-17)28-6/h7-9,18-22H,10H2,1-6H3/t18-,19+,20+,21-,22-/m1/s1. The molecule has 1 fully saturated rings. The number of ether oxygens (including phenoxy) is 8. The van der Waals surface area contributed by atoms with Gasteiger partial charge in [-0.05, 0) is 0 Å². The molecule has 34 heavy (non-hydrogen) atoms. The number of benzene rings is 1. The fraction of sp³-hybridized carbons (Fsp3) is 0.545. The first-order valence-electron chi connectivity index (χ1n) is 10.2. The Bertz CT molecular complexity index is 876. The fourth-order valence-electron chi connectivity index (χ4n) is 3.27. The number of rotatable bonds is 9. The molecule has 1 heterocycles. The van der Waals surface area contributed by atoms with Crippen LogP contribution in [0.1, 0.15) is 27.7 Å². The van der Waals surface area contributed by atoms with Crippen LogP contribution in [0.25, 0.3) is 0 Å². The zero-order valence-corrected chi connectivity index (χ0v) is 19.7. The van der Waals surface area contributed by atoms with Crippen LogP contribution in [0, 0.1) is 0 Å². The molecule has 0 unspecified atom stereocenters. The topological polar surface area (TPSA) is 142 Å². The second-order valence-corrected chi connectivity index (χ2v) is 7.23. The molecule has 1 aliphatic rings. The van der Waals surface area contributed by atoms with Gasteiger partial charge in [0, 0.05) is 45.9 Å². The van der Waals surface area contributed by atoms with E-state index >= 15 is 0 Å². The SMILES string of the molecule is COc1cc(OC)cc(O[C@@H]2O[C@H](COC(C)=O)[C@H](OC(C)=O)[C@H](OC(C)=O)[C@H]2OC(C)=O)c1. The molecule has 2 rings (SSSR count). The molecule has 1 aromatic rings. The molecule has 0 aliphatic carbocycles. The molecular formula is C22H28O12. The van der Waals surface area contributed by atoms with Crippen molar-refractivity contribution >= 4 is 23.9 Å². The zero-order valence-electron chi connectivity index (χ0n) is 19.7. The fourth-order valence-corrected chi connectivity index (χ4v) is 3.27. The Morgan fingerprint density at radius 2 is 1.18 bits per heavy atom. The highest BCUT2D eigenvalue weighted by molar-refractivity contribution is 5.68. The third-order valence-corrected chi connectivity index (χ3v) is 4.53. The first-order valence-corrected chi connectivity index (χ1v) is 10.2. The molecule has 0 N–H and O–H groups in total. The first kappa shape index (κ1) is 26.7. The van der Waals surface area contributed by atoms with Gasteiger partial charge in [-0.1, -0.05) is 0 Å². The maximum atomic E-state index is 11.9. The molecule has 12 nitrogen and oxygen atoms in total. The van der Waals surface area contributed by atoms with Gasteiger partial charge in [0.2, 0.25) is 12.4 Å². The average Bonchev–Trinajstić information content (AvgIpc) is 2.75. The summed E-state index contributed by atoms with van der Waals surface area (Å²) in [4.78, 5) is 46.9. The molecule has 0 spiro atoms. The van der Waals surface area contributed by atoms with Gasteiger partial charge >= 0.3 is 23.9 Å². The van der Waals surface area contributed by atoms with E-state index in [9.17, 15) is 19.2 Å². The van der Waals surface area contributed by atoms with E-state index < -0.39 is 54.6 Å². The summed E-state index contributed by atoms with van der Waals surface area (Å²) in [5.74, 6) is -1.81. The van der Waals surface area contributed by atoms with E-state index in [0.29, 0.717) is 11.5 Å². The lowest BCUT2D eigenvalue weighted by atomic mass is 9.98. The van der Waals surface area contributed by atoms with E-state index in [1.165, 1.54) is 33.3 Å². The normalized spacial score (nSPS) is 23.8. The predicted octanol–water partition coefficient (Wildman–Crippen LogP) is 1.17. The molecule has 1 aliphatic heterocycles. The molecule has 12 heteroatoms. The molecule has 1 aromatic carbocycles. The molecule has 1 saturated heterocycles. The van der Waals surface area contributed by atoms with Crippen LogP contribution in [0.4, 0.5) is 0 Å². The van der Waals surface area contributed by atoms with E-state index in [0.717, 1.165) is 20.8 Å². The van der Waals surface area contributed by atoms with Crippen molar-refractivity contribution in [3.8, 4) is 17.2 Å². The van der Waals surface area contributed by atoms with Crippen molar-refractivity contribution in [2.75, 3.05) is 20.8 Å². The van der Waals surface area contributed by atoms with Crippen LogP contribution in [0.3, 0.4) is 0 Å². The summed E-state index contributed by atoms with van der Waals surface area (Å²) in [6.07, 6.45) is -6.45. The van der Waals surface area contributed by atoms with Gasteiger partial charge in [-0.2, -0.15) is 0 Å². The van der Waals surface area contributed by atoms with E-state index in [4.69, 9.17) is 37.9 Å². The van der Waals surface area contributed by atoms with Crippen LogP contribution in [0.2, 0.25) is 0 Å². The van der Waals surface area contributed by atoms with Gasteiger partial charge in [0.1, 0.15) is 30.0 Å². The van der Waals surface area contributed by atoms with Crippen molar-refractivity contribution in [2.24, 2.45) is 0 Å². The summed E-state index contributed by atoms with van der Waals surface area (Å²) < 4.78 is 43.4. The maximum absolute atomic E-state index is 11.9. The highest BCUT2D eigenvalue weighted by Crippen LogP contribution is 2.33. The average molecular weight is 484 g/mol. The van der Waals surface area contributed by atoms with Crippen molar-refractivity contribution in [3.63, 3.8) is 0 Å². The maximum Gasteiger partial charge on any atom is 0.303 e. The summed E-state index contributed by atoms with van der Waals surface area (Å²) in [6, 6.07) is 4.66. The molecule has 0 radical (unpaired) electrons. The monoisotopic (exact) mass is 484 g/mol. The summed E-state index contributed by atoms with van der Waals surface area (Å²) in [6.45, 7) is 4.24. The smallest absolute Gasteiger partial charge is 0.303 e. The third-order valence-electron chi connectivity index (χ3n) is 4.53. The molecule has 0 saturated carbocycles. The molecule has 0 bridgehead atoms. The van der Waals surface area contributed by atoms with Crippen molar-refractivity contribution in [3.05, 3.63) is 18.2 Å². The summed E-state index contributed by atoms with van der Waals surface area (Å²) >= 11 is 0. The van der Waals surface area contributed by atoms with E-state index in [-0.39, 0.29) is 12.4 Å². The predicted molar refractivity (Wildman–Crippen MR) is 112 cm³/mol. The van der Waals surface area contributed by atoms with Crippen molar-refractivity contribution in [1.82, 2.24) is 0 Å². The van der Waals surface area contributed by atoms with E-state index in [1.807, 2.05) is 0 Å². The minimum Gasteiger partial charge on any atom is -0.496 e. The lowest BCUT2D eigenvalue weighted by Gasteiger charge is -2.43. The number of carbonyl (C=O) groups is 4. The van der Waals surface area contributed by atoms with E-state index in [1.54, 1.807) is 6.07 Å². The second-order valence-electron chi connectivity index (χ2n) is 7.23. The van der Waals surface area contributed by atoms with Crippen molar-refractivity contribution in [1.29, 1.82) is 0 Å². The van der Waals surface area contributed by atoms with Gasteiger partial charge in [0.25, 0.3) is 0 Å². The minimum atomic E-state index is -1.36. The quantitative estimate of drug-likeness (QED) is 0.367. The molecule has 5 atom stereocenters. The highest BCUT2D eigenvalue weighted by Gasteiger charge is 2.53. The summed E-state index contributed by atoms with van der Waals surface area (Å²) in [5, 5.41) is 0. The van der Waals surface area contributed by atoms with Crippen LogP contribution < -0.4 is 14.2 Å². The molecular weight excluding hydrogens is 456 g/mol. The van der Waals surface area contributed by atoms with E-state index in [2.05, 4.69) is 0 Å². The number of methoxy groups -OCH3 is 2. The summed E-state index contributed by atoms with van der Waals surface area (Å²) in [7, 11) is 2.90. The molecule has 0 aromatic heterocycles. The third kappa shape index (κ3) is 7.51. The zero-order chi connectivity index (χ0) is 25.4. The molecule has 188 valence electrons. The van der Waals surface area contributed by atoms with Crippen LogP contribution in [0.15, 0.2) is 18.2 Å². The Balaban J connectivity index is 2.50. The van der Waals surface area contributed by atoms with Gasteiger partial charge < -0.3 is 37.9 Å². The second kappa shape index (κ2) is 12.1. The van der Waals surface area contributed by atoms with Crippen LogP contribution >= 0.6 is 0 Å². The summed E-state index contributed by atoms with van der Waals surface area (Å²) in [5.41, 5.74) is 0. The Kier molecular flexibility index (Phi) is 9.48. The lowest BCUT2D eigenvalue weighted by molar-refractivity contribution is -0.288. The Labute approximate surface area is 196 Å². The lowest BCUT2D eigenvalue weighted by Crippen LogP contribution is -2.63.